The second-order valence-electron chi connectivity index (χ2n) is 6.28. The first-order valence-corrected chi connectivity index (χ1v) is 7.17. The van der Waals surface area contributed by atoms with E-state index in [1.165, 1.54) is 6.92 Å². The van der Waals surface area contributed by atoms with E-state index >= 15 is 0 Å². The van der Waals surface area contributed by atoms with Crippen molar-refractivity contribution < 1.29 is 28.4 Å². The number of hydrogen-bond acceptors (Lipinski definition) is 7. The third kappa shape index (κ3) is 5.27. The lowest BCUT2D eigenvalue weighted by molar-refractivity contribution is -0.384. The number of allylic oxidation sites excluding steroid dienone is 1. The zero-order chi connectivity index (χ0) is 19.5. The van der Waals surface area contributed by atoms with Gasteiger partial charge in [-0.05, 0) is 33.8 Å². The lowest BCUT2D eigenvalue weighted by Crippen LogP contribution is -2.32. The van der Waals surface area contributed by atoms with Gasteiger partial charge in [-0.2, -0.15) is 0 Å². The number of nitrogens with zero attached hydrogens (tertiary/aromatic N) is 1. The van der Waals surface area contributed by atoms with Crippen molar-refractivity contribution in [2.45, 2.75) is 39.2 Å². The summed E-state index contributed by atoms with van der Waals surface area (Å²) in [6, 6.07) is 1.40. The van der Waals surface area contributed by atoms with Crippen LogP contribution in [0.4, 0.5) is 15.8 Å². The molecule has 0 radical (unpaired) electrons. The standard InChI is InChI=1S/C16H19FN2O6/c1-8(2)24-14(20)12(15(21)25-16(3,4)5)10-6-9(17)7-11(18)13(10)19(22)23/h6-7,12H,1,18H2,2-5H3. The van der Waals surface area contributed by atoms with E-state index in [4.69, 9.17) is 15.2 Å². The summed E-state index contributed by atoms with van der Waals surface area (Å²) in [7, 11) is 0. The zero-order valence-corrected chi connectivity index (χ0v) is 14.3. The van der Waals surface area contributed by atoms with Crippen molar-refractivity contribution in [2.75, 3.05) is 5.73 Å². The first-order valence-electron chi connectivity index (χ1n) is 7.17. The van der Waals surface area contributed by atoms with Crippen LogP contribution < -0.4 is 5.73 Å². The maximum absolute atomic E-state index is 13.7. The summed E-state index contributed by atoms with van der Waals surface area (Å²) in [5.41, 5.74) is 2.64. The Kier molecular flexibility index (Phi) is 5.85. The smallest absolute Gasteiger partial charge is 0.330 e. The summed E-state index contributed by atoms with van der Waals surface area (Å²) in [5, 5.41) is 11.3. The quantitative estimate of drug-likeness (QED) is 0.215. The minimum atomic E-state index is -1.89. The summed E-state index contributed by atoms with van der Waals surface area (Å²) >= 11 is 0. The van der Waals surface area contributed by atoms with Crippen molar-refractivity contribution in [3.05, 3.63) is 46.0 Å². The molecule has 25 heavy (non-hydrogen) atoms. The Morgan fingerprint density at radius 1 is 1.32 bits per heavy atom. The molecule has 1 unspecified atom stereocenters. The van der Waals surface area contributed by atoms with E-state index in [2.05, 4.69) is 6.58 Å². The van der Waals surface area contributed by atoms with Crippen LogP contribution in [0.5, 0.6) is 0 Å². The molecule has 0 aromatic heterocycles. The molecule has 0 bridgehead atoms. The number of halogens is 1. The molecule has 136 valence electrons. The third-order valence-electron chi connectivity index (χ3n) is 2.78. The Morgan fingerprint density at radius 3 is 2.32 bits per heavy atom. The molecule has 0 aliphatic carbocycles. The van der Waals surface area contributed by atoms with Crippen LogP contribution >= 0.6 is 0 Å². The lowest BCUT2D eigenvalue weighted by atomic mass is 9.96. The van der Waals surface area contributed by atoms with Crippen LogP contribution in [0, 0.1) is 15.9 Å². The maximum atomic E-state index is 13.7. The van der Waals surface area contributed by atoms with Gasteiger partial charge in [-0.15, -0.1) is 0 Å². The van der Waals surface area contributed by atoms with Gasteiger partial charge < -0.3 is 15.2 Å². The first kappa shape index (κ1) is 20.1. The van der Waals surface area contributed by atoms with Crippen molar-refractivity contribution in [1.82, 2.24) is 0 Å². The maximum Gasteiger partial charge on any atom is 0.330 e. The molecule has 0 fully saturated rings. The Morgan fingerprint density at radius 2 is 1.88 bits per heavy atom. The van der Waals surface area contributed by atoms with E-state index in [0.717, 1.165) is 6.07 Å². The van der Waals surface area contributed by atoms with Crippen LogP contribution in [0.15, 0.2) is 24.5 Å². The highest BCUT2D eigenvalue weighted by Crippen LogP contribution is 2.35. The SMILES string of the molecule is C=C(C)OC(=O)C(C(=O)OC(C)(C)C)c1cc(F)cc(N)c1[N+](=O)[O-]. The van der Waals surface area contributed by atoms with E-state index < -0.39 is 51.1 Å². The second kappa shape index (κ2) is 7.29. The van der Waals surface area contributed by atoms with Crippen molar-refractivity contribution >= 4 is 23.3 Å². The van der Waals surface area contributed by atoms with Gasteiger partial charge in [-0.25, -0.2) is 4.39 Å². The van der Waals surface area contributed by atoms with Gasteiger partial charge in [0, 0.05) is 6.07 Å². The molecule has 0 aliphatic rings. The van der Waals surface area contributed by atoms with Gasteiger partial charge in [-0.3, -0.25) is 19.7 Å². The molecule has 2 N–H and O–H groups in total. The van der Waals surface area contributed by atoms with Gasteiger partial charge in [0.25, 0.3) is 5.69 Å². The van der Waals surface area contributed by atoms with Crippen molar-refractivity contribution in [3.63, 3.8) is 0 Å². The highest BCUT2D eigenvalue weighted by atomic mass is 19.1. The Labute approximate surface area is 143 Å². The summed E-state index contributed by atoms with van der Waals surface area (Å²) in [6.07, 6.45) is 0. The van der Waals surface area contributed by atoms with Gasteiger partial charge in [-0.1, -0.05) is 6.58 Å². The lowest BCUT2D eigenvalue weighted by Gasteiger charge is -2.23. The number of anilines is 1. The Bertz CT molecular complexity index is 739. The minimum absolute atomic E-state index is 0.0504. The average molecular weight is 354 g/mol. The van der Waals surface area contributed by atoms with Crippen LogP contribution in [0.25, 0.3) is 0 Å². The van der Waals surface area contributed by atoms with E-state index in [0.29, 0.717) is 6.07 Å². The van der Waals surface area contributed by atoms with Crippen LogP contribution in [-0.4, -0.2) is 22.5 Å². The molecule has 1 aromatic carbocycles. The van der Waals surface area contributed by atoms with Crippen LogP contribution in [-0.2, 0) is 19.1 Å². The summed E-state index contributed by atoms with van der Waals surface area (Å²) in [4.78, 5) is 35.1. The average Bonchev–Trinajstić information content (AvgIpc) is 2.33. The summed E-state index contributed by atoms with van der Waals surface area (Å²) in [6.45, 7) is 9.34. The summed E-state index contributed by atoms with van der Waals surface area (Å²) in [5.74, 6) is -5.21. The highest BCUT2D eigenvalue weighted by Gasteiger charge is 2.40. The summed E-state index contributed by atoms with van der Waals surface area (Å²) < 4.78 is 23.6. The van der Waals surface area contributed by atoms with Crippen LogP contribution in [0.3, 0.4) is 0 Å². The van der Waals surface area contributed by atoms with Crippen molar-refractivity contribution in [3.8, 4) is 0 Å². The predicted molar refractivity (Wildman–Crippen MR) is 87.0 cm³/mol. The van der Waals surface area contributed by atoms with Crippen LogP contribution in [0.1, 0.15) is 39.2 Å². The number of nitro benzene ring substituents is 1. The molecule has 1 atom stereocenters. The molecule has 0 aliphatic heterocycles. The molecule has 0 spiro atoms. The number of carbonyl (C=O) groups is 2. The number of nitro groups is 1. The largest absolute Gasteiger partial charge is 0.459 e. The normalized spacial score (nSPS) is 12.2. The van der Waals surface area contributed by atoms with Gasteiger partial charge in [0.2, 0.25) is 0 Å². The Hall–Kier alpha value is -2.97. The van der Waals surface area contributed by atoms with Crippen LogP contribution in [0.2, 0.25) is 0 Å². The molecular formula is C16H19FN2O6. The molecule has 0 heterocycles. The molecular weight excluding hydrogens is 335 g/mol. The predicted octanol–water partition coefficient (Wildman–Crippen LogP) is 2.82. The van der Waals surface area contributed by atoms with Gasteiger partial charge in [0.05, 0.1) is 16.2 Å². The van der Waals surface area contributed by atoms with E-state index in [1.807, 2.05) is 0 Å². The number of rotatable bonds is 5. The number of benzene rings is 1. The number of nitrogens with two attached hydrogens (primary N) is 1. The molecule has 1 aromatic rings. The number of ether oxygens (including phenoxy) is 2. The number of nitrogen functional groups attached to an aromatic ring is 1. The Balaban J connectivity index is 3.57. The van der Waals surface area contributed by atoms with Gasteiger partial charge >= 0.3 is 11.9 Å². The van der Waals surface area contributed by atoms with E-state index in [-0.39, 0.29) is 5.76 Å². The van der Waals surface area contributed by atoms with Crippen molar-refractivity contribution in [1.29, 1.82) is 0 Å². The molecule has 0 saturated heterocycles. The minimum Gasteiger partial charge on any atom is -0.459 e. The molecule has 8 nitrogen and oxygen atoms in total. The topological polar surface area (TPSA) is 122 Å². The first-order chi connectivity index (χ1) is 11.3. The monoisotopic (exact) mass is 354 g/mol. The fourth-order valence-electron chi connectivity index (χ4n) is 2.01. The number of carbonyl (C=O) groups excluding carboxylic acids is 2. The molecule has 9 heteroatoms. The number of hydrogen-bond donors (Lipinski definition) is 1. The van der Waals surface area contributed by atoms with Crippen molar-refractivity contribution in [2.24, 2.45) is 0 Å². The molecule has 0 amide bonds. The highest BCUT2D eigenvalue weighted by molar-refractivity contribution is 6.02. The van der Waals surface area contributed by atoms with E-state index in [9.17, 15) is 24.1 Å². The second-order valence-corrected chi connectivity index (χ2v) is 6.28. The number of esters is 2. The fraction of sp³-hybridized carbons (Fsp3) is 0.375. The van der Waals surface area contributed by atoms with Gasteiger partial charge in [0.1, 0.15) is 17.1 Å². The zero-order valence-electron chi connectivity index (χ0n) is 14.3. The van der Waals surface area contributed by atoms with E-state index in [1.54, 1.807) is 20.8 Å². The molecule has 1 rings (SSSR count). The molecule has 0 saturated carbocycles. The fourth-order valence-corrected chi connectivity index (χ4v) is 2.01. The van der Waals surface area contributed by atoms with Gasteiger partial charge in [0.15, 0.2) is 5.92 Å². The third-order valence-corrected chi connectivity index (χ3v) is 2.78.